The molecule has 0 saturated carbocycles. The van der Waals surface area contributed by atoms with Crippen LogP contribution in [0.5, 0.6) is 0 Å². The van der Waals surface area contributed by atoms with Crippen molar-refractivity contribution < 1.29 is 9.53 Å². The summed E-state index contributed by atoms with van der Waals surface area (Å²) in [7, 11) is 1.51. The number of nitrogens with zero attached hydrogens (tertiary/aromatic N) is 3. The van der Waals surface area contributed by atoms with Crippen LogP contribution in [0.25, 0.3) is 0 Å². The third kappa shape index (κ3) is 5.80. The molecule has 0 bridgehead atoms. The molecule has 1 aromatic rings. The Labute approximate surface area is 177 Å². The van der Waals surface area contributed by atoms with Crippen molar-refractivity contribution in [3.8, 4) is 0 Å². The number of anilines is 1. The third-order valence-corrected chi connectivity index (χ3v) is 6.33. The lowest BCUT2D eigenvalue weighted by molar-refractivity contribution is 0.0875. The number of hydrogen-bond donors (Lipinski definition) is 2. The molecule has 3 rings (SSSR count). The van der Waals surface area contributed by atoms with Gasteiger partial charge >= 0.3 is 5.69 Å². The molecule has 2 aliphatic rings. The summed E-state index contributed by atoms with van der Waals surface area (Å²) in [6, 6.07) is 0. The highest BCUT2D eigenvalue weighted by Crippen LogP contribution is 2.21. The van der Waals surface area contributed by atoms with Gasteiger partial charge in [-0.2, -0.15) is 0 Å². The Bertz CT molecular complexity index is 818. The molecule has 9 heteroatoms. The molecular weight excluding hydrogens is 386 g/mol. The fourth-order valence-electron chi connectivity index (χ4n) is 4.55. The van der Waals surface area contributed by atoms with Gasteiger partial charge in [-0.1, -0.05) is 12.8 Å². The highest BCUT2D eigenvalue weighted by atomic mass is 16.5. The first-order chi connectivity index (χ1) is 14.5. The van der Waals surface area contributed by atoms with Gasteiger partial charge in [-0.05, 0) is 57.8 Å². The number of aromatic amines is 1. The summed E-state index contributed by atoms with van der Waals surface area (Å²) < 4.78 is 6.16. The Morgan fingerprint density at radius 3 is 2.37 bits per heavy atom. The summed E-state index contributed by atoms with van der Waals surface area (Å²) in [6.07, 6.45) is 7.41. The number of nitrogens with two attached hydrogens (primary N) is 1. The number of nitrogens with one attached hydrogen (secondary N) is 1. The molecule has 0 spiro atoms. The molecule has 9 nitrogen and oxygen atoms in total. The molecule has 0 aromatic carbocycles. The van der Waals surface area contributed by atoms with Crippen molar-refractivity contribution in [3.05, 3.63) is 26.4 Å². The summed E-state index contributed by atoms with van der Waals surface area (Å²) in [5.74, 6) is 0.242. The Hall–Kier alpha value is -1.97. The fraction of sp³-hybridized carbons (Fsp3) is 0.762. The lowest BCUT2D eigenvalue weighted by Crippen LogP contribution is -2.43. The number of carbonyl (C=O) groups excluding carboxylic acids is 1. The summed E-state index contributed by atoms with van der Waals surface area (Å²) in [6.45, 7) is 5.83. The van der Waals surface area contributed by atoms with Crippen LogP contribution in [0.3, 0.4) is 0 Å². The van der Waals surface area contributed by atoms with Crippen LogP contribution in [0.15, 0.2) is 9.59 Å². The summed E-state index contributed by atoms with van der Waals surface area (Å²) in [5.41, 5.74) is 4.55. The van der Waals surface area contributed by atoms with E-state index in [-0.39, 0.29) is 36.9 Å². The molecular formula is C21H35N5O4. The third-order valence-electron chi connectivity index (χ3n) is 6.33. The lowest BCUT2D eigenvalue weighted by Gasteiger charge is -2.34. The van der Waals surface area contributed by atoms with E-state index in [1.165, 1.54) is 50.4 Å². The lowest BCUT2D eigenvalue weighted by atomic mass is 9.95. The van der Waals surface area contributed by atoms with Crippen LogP contribution in [0.2, 0.25) is 0 Å². The number of H-pyrrole nitrogens is 1. The van der Waals surface area contributed by atoms with Gasteiger partial charge in [0.25, 0.3) is 5.56 Å². The van der Waals surface area contributed by atoms with E-state index >= 15 is 0 Å². The topological polar surface area (TPSA) is 114 Å². The van der Waals surface area contributed by atoms with Crippen molar-refractivity contribution in [1.29, 1.82) is 0 Å². The smallest absolute Gasteiger partial charge is 0.330 e. The van der Waals surface area contributed by atoms with Crippen LogP contribution in [0.1, 0.15) is 48.9 Å². The maximum atomic E-state index is 12.8. The SMILES string of the molecule is COCCn1c(N)c(C(=O)CN2CCC(CN3CCCCCC3)CC2)c(=O)[nH]c1=O. The molecule has 2 fully saturated rings. The second-order valence-corrected chi connectivity index (χ2v) is 8.52. The van der Waals surface area contributed by atoms with Gasteiger partial charge in [0.05, 0.1) is 19.7 Å². The maximum Gasteiger partial charge on any atom is 0.330 e. The summed E-state index contributed by atoms with van der Waals surface area (Å²) in [5, 5.41) is 0. The number of aromatic nitrogens is 2. The van der Waals surface area contributed by atoms with Gasteiger partial charge in [-0.25, -0.2) is 4.79 Å². The van der Waals surface area contributed by atoms with E-state index in [1.54, 1.807) is 0 Å². The minimum atomic E-state index is -0.716. The first kappa shape index (κ1) is 22.7. The predicted octanol–water partition coefficient (Wildman–Crippen LogP) is 0.536. The average Bonchev–Trinajstić information content (AvgIpc) is 2.98. The van der Waals surface area contributed by atoms with Crippen molar-refractivity contribution in [3.63, 3.8) is 0 Å². The summed E-state index contributed by atoms with van der Waals surface area (Å²) in [4.78, 5) is 44.0. The molecule has 0 unspecified atom stereocenters. The van der Waals surface area contributed by atoms with Crippen molar-refractivity contribution >= 4 is 11.6 Å². The van der Waals surface area contributed by atoms with Crippen molar-refractivity contribution in [2.45, 2.75) is 45.1 Å². The normalized spacial score (nSPS) is 19.6. The van der Waals surface area contributed by atoms with Crippen molar-refractivity contribution in [1.82, 2.24) is 19.4 Å². The molecule has 3 heterocycles. The quantitative estimate of drug-likeness (QED) is 0.589. The monoisotopic (exact) mass is 421 g/mol. The number of nitrogen functional groups attached to an aromatic ring is 1. The zero-order valence-electron chi connectivity index (χ0n) is 18.0. The van der Waals surface area contributed by atoms with E-state index in [2.05, 4.69) is 14.8 Å². The van der Waals surface area contributed by atoms with Crippen LogP contribution in [0, 0.1) is 5.92 Å². The number of likely N-dealkylation sites (tertiary alicyclic amines) is 2. The number of carbonyl (C=O) groups is 1. The maximum absolute atomic E-state index is 12.8. The predicted molar refractivity (Wildman–Crippen MR) is 116 cm³/mol. The summed E-state index contributed by atoms with van der Waals surface area (Å²) >= 11 is 0. The van der Waals surface area contributed by atoms with Crippen LogP contribution in [-0.4, -0.2) is 78.1 Å². The second-order valence-electron chi connectivity index (χ2n) is 8.52. The minimum absolute atomic E-state index is 0.0816. The standard InChI is InChI=1S/C21H35N5O4/c1-30-13-12-26-19(22)18(20(28)23-21(26)29)17(27)15-25-10-6-16(7-11-25)14-24-8-4-2-3-5-9-24/h16H,2-15,22H2,1H3,(H,23,28,29). The molecule has 1 aromatic heterocycles. The molecule has 30 heavy (non-hydrogen) atoms. The van der Waals surface area contributed by atoms with E-state index in [0.29, 0.717) is 5.92 Å². The van der Waals surface area contributed by atoms with Gasteiger partial charge in [0, 0.05) is 13.7 Å². The van der Waals surface area contributed by atoms with E-state index < -0.39 is 11.2 Å². The highest BCUT2D eigenvalue weighted by molar-refractivity contribution is 6.01. The number of ketones is 1. The van der Waals surface area contributed by atoms with Crippen LogP contribution >= 0.6 is 0 Å². The molecule has 168 valence electrons. The average molecular weight is 422 g/mol. The van der Waals surface area contributed by atoms with Gasteiger partial charge in [-0.15, -0.1) is 0 Å². The molecule has 0 amide bonds. The molecule has 2 saturated heterocycles. The molecule has 3 N–H and O–H groups in total. The highest BCUT2D eigenvalue weighted by Gasteiger charge is 2.26. The number of piperidine rings is 1. The van der Waals surface area contributed by atoms with Gasteiger partial charge in [0.15, 0.2) is 5.78 Å². The minimum Gasteiger partial charge on any atom is -0.384 e. The fourth-order valence-corrected chi connectivity index (χ4v) is 4.55. The second kappa shape index (κ2) is 10.9. The number of hydrogen-bond acceptors (Lipinski definition) is 7. The van der Waals surface area contributed by atoms with Crippen LogP contribution < -0.4 is 17.0 Å². The van der Waals surface area contributed by atoms with E-state index in [4.69, 9.17) is 10.5 Å². The molecule has 2 aliphatic heterocycles. The van der Waals surface area contributed by atoms with Gasteiger partial charge in [-0.3, -0.25) is 24.0 Å². The number of Topliss-reactive ketones (excluding diaryl/α,β-unsaturated/α-hetero) is 1. The number of rotatable bonds is 8. The van der Waals surface area contributed by atoms with Crippen LogP contribution in [0.4, 0.5) is 5.82 Å². The van der Waals surface area contributed by atoms with E-state index in [0.717, 1.165) is 32.5 Å². The van der Waals surface area contributed by atoms with Crippen molar-refractivity contribution in [2.24, 2.45) is 5.92 Å². The zero-order valence-corrected chi connectivity index (χ0v) is 18.0. The number of ether oxygens (including phenoxy) is 1. The van der Waals surface area contributed by atoms with E-state index in [1.807, 2.05) is 0 Å². The number of methoxy groups -OCH3 is 1. The molecule has 0 aliphatic carbocycles. The van der Waals surface area contributed by atoms with Gasteiger partial charge in [0.2, 0.25) is 0 Å². The Kier molecular flexibility index (Phi) is 8.24. The van der Waals surface area contributed by atoms with Gasteiger partial charge < -0.3 is 15.4 Å². The Morgan fingerprint density at radius 2 is 1.73 bits per heavy atom. The zero-order chi connectivity index (χ0) is 21.5. The van der Waals surface area contributed by atoms with Crippen LogP contribution in [-0.2, 0) is 11.3 Å². The molecule has 0 radical (unpaired) electrons. The largest absolute Gasteiger partial charge is 0.384 e. The first-order valence-electron chi connectivity index (χ1n) is 11.1. The Balaban J connectivity index is 1.57. The van der Waals surface area contributed by atoms with E-state index in [9.17, 15) is 14.4 Å². The Morgan fingerprint density at radius 1 is 1.07 bits per heavy atom. The van der Waals surface area contributed by atoms with Gasteiger partial charge in [0.1, 0.15) is 11.4 Å². The molecule has 0 atom stereocenters. The first-order valence-corrected chi connectivity index (χ1v) is 11.1. The van der Waals surface area contributed by atoms with Crippen molar-refractivity contribution in [2.75, 3.05) is 58.7 Å².